The Morgan fingerprint density at radius 2 is 1.81 bits per heavy atom. The molecule has 0 spiro atoms. The van der Waals surface area contributed by atoms with Crippen LogP contribution in [0.2, 0.25) is 0 Å². The minimum Gasteiger partial charge on any atom is -0.493 e. The first-order valence-electron chi connectivity index (χ1n) is 6.01. The summed E-state index contributed by atoms with van der Waals surface area (Å²) in [5, 5.41) is 0. The summed E-state index contributed by atoms with van der Waals surface area (Å²) in [7, 11) is 0. The Morgan fingerprint density at radius 3 is 2.31 bits per heavy atom. The van der Waals surface area contributed by atoms with Crippen LogP contribution in [0.25, 0.3) is 0 Å². The Morgan fingerprint density at radius 1 is 1.19 bits per heavy atom. The number of rotatable bonds is 6. The molecule has 0 heterocycles. The number of hydrogen-bond acceptors (Lipinski definition) is 2. The van der Waals surface area contributed by atoms with Gasteiger partial charge in [0.05, 0.1) is 6.61 Å². The molecule has 2 heteroatoms. The number of thiol groups is 1. The molecule has 0 saturated heterocycles. The van der Waals surface area contributed by atoms with E-state index in [4.69, 9.17) is 4.74 Å². The van der Waals surface area contributed by atoms with E-state index in [1.807, 2.05) is 0 Å². The molecule has 0 fully saturated rings. The average molecular weight is 238 g/mol. The summed E-state index contributed by atoms with van der Waals surface area (Å²) in [6, 6.07) is 8.45. The van der Waals surface area contributed by atoms with Gasteiger partial charge in [-0.05, 0) is 41.7 Å². The zero-order valence-electron chi connectivity index (χ0n) is 10.4. The Kier molecular flexibility index (Phi) is 5.75. The second-order valence-electron chi connectivity index (χ2n) is 4.48. The number of ether oxygens (including phenoxy) is 1. The van der Waals surface area contributed by atoms with Crippen LogP contribution in [0, 0.1) is 5.92 Å². The van der Waals surface area contributed by atoms with Gasteiger partial charge in [-0.1, -0.05) is 32.9 Å². The van der Waals surface area contributed by atoms with Crippen LogP contribution in [0.3, 0.4) is 0 Å². The Balaban J connectivity index is 2.51. The molecule has 0 N–H and O–H groups in total. The fraction of sp³-hybridized carbons (Fsp3) is 0.571. The van der Waals surface area contributed by atoms with Crippen molar-refractivity contribution in [3.05, 3.63) is 29.8 Å². The van der Waals surface area contributed by atoms with E-state index in [0.717, 1.165) is 18.1 Å². The second-order valence-corrected chi connectivity index (χ2v) is 4.84. The maximum Gasteiger partial charge on any atom is 0.119 e. The number of hydrogen-bond donors (Lipinski definition) is 1. The zero-order chi connectivity index (χ0) is 12.0. The van der Waals surface area contributed by atoms with Crippen molar-refractivity contribution < 1.29 is 4.74 Å². The highest BCUT2D eigenvalue weighted by molar-refractivity contribution is 7.80. The highest BCUT2D eigenvalue weighted by Gasteiger charge is 2.04. The molecule has 16 heavy (non-hydrogen) atoms. The van der Waals surface area contributed by atoms with Crippen LogP contribution in [0.4, 0.5) is 0 Å². The van der Waals surface area contributed by atoms with E-state index in [2.05, 4.69) is 57.7 Å². The van der Waals surface area contributed by atoms with Gasteiger partial charge in [-0.3, -0.25) is 0 Å². The summed E-state index contributed by atoms with van der Waals surface area (Å²) < 4.78 is 5.68. The van der Waals surface area contributed by atoms with Gasteiger partial charge < -0.3 is 4.74 Å². The molecule has 2 atom stereocenters. The molecule has 1 aromatic carbocycles. The van der Waals surface area contributed by atoms with E-state index in [1.165, 1.54) is 12.0 Å². The molecule has 1 nitrogen and oxygen atoms in total. The highest BCUT2D eigenvalue weighted by atomic mass is 32.1. The van der Waals surface area contributed by atoms with Crippen LogP contribution in [0.1, 0.15) is 38.7 Å². The van der Waals surface area contributed by atoms with Crippen molar-refractivity contribution in [2.75, 3.05) is 12.4 Å². The third kappa shape index (κ3) is 4.09. The molecular weight excluding hydrogens is 216 g/mol. The van der Waals surface area contributed by atoms with Crippen molar-refractivity contribution >= 4 is 12.6 Å². The summed E-state index contributed by atoms with van der Waals surface area (Å²) in [6.45, 7) is 7.34. The van der Waals surface area contributed by atoms with Crippen molar-refractivity contribution in [1.29, 1.82) is 0 Å². The summed E-state index contributed by atoms with van der Waals surface area (Å²) in [4.78, 5) is 0. The molecule has 1 rings (SSSR count). The van der Waals surface area contributed by atoms with Gasteiger partial charge in [0.15, 0.2) is 0 Å². The molecule has 0 radical (unpaired) electrons. The van der Waals surface area contributed by atoms with Crippen LogP contribution in [-0.4, -0.2) is 12.4 Å². The smallest absolute Gasteiger partial charge is 0.119 e. The van der Waals surface area contributed by atoms with Gasteiger partial charge in [-0.15, -0.1) is 0 Å². The quantitative estimate of drug-likeness (QED) is 0.733. The van der Waals surface area contributed by atoms with E-state index in [0.29, 0.717) is 11.8 Å². The zero-order valence-corrected chi connectivity index (χ0v) is 11.3. The van der Waals surface area contributed by atoms with Gasteiger partial charge in [0.25, 0.3) is 0 Å². The molecule has 90 valence electrons. The molecule has 1 aromatic rings. The predicted octanol–water partition coefficient (Wildman–Crippen LogP) is 4.14. The first kappa shape index (κ1) is 13.4. The fourth-order valence-electron chi connectivity index (χ4n) is 1.42. The third-order valence-corrected chi connectivity index (χ3v) is 3.53. The largest absolute Gasteiger partial charge is 0.493 e. The van der Waals surface area contributed by atoms with Crippen molar-refractivity contribution in [1.82, 2.24) is 0 Å². The standard InChI is InChI=1S/C14H22OS/c1-4-12(3)13-5-7-14(8-6-13)15-9-11(2)10-16/h5-8,11-12,16H,4,9-10H2,1-3H3. The van der Waals surface area contributed by atoms with Crippen LogP contribution in [-0.2, 0) is 0 Å². The summed E-state index contributed by atoms with van der Waals surface area (Å²) in [5.41, 5.74) is 1.39. The monoisotopic (exact) mass is 238 g/mol. The minimum absolute atomic E-state index is 0.498. The molecular formula is C14H22OS. The maximum absolute atomic E-state index is 5.68. The summed E-state index contributed by atoms with van der Waals surface area (Å²) >= 11 is 4.24. The molecule has 0 aromatic heterocycles. The van der Waals surface area contributed by atoms with Gasteiger partial charge in [0, 0.05) is 0 Å². The lowest BCUT2D eigenvalue weighted by Crippen LogP contribution is -2.09. The van der Waals surface area contributed by atoms with Crippen molar-refractivity contribution in [3.8, 4) is 5.75 Å². The Bertz CT molecular complexity index is 294. The maximum atomic E-state index is 5.68. The predicted molar refractivity (Wildman–Crippen MR) is 73.7 cm³/mol. The van der Waals surface area contributed by atoms with Gasteiger partial charge >= 0.3 is 0 Å². The summed E-state index contributed by atoms with van der Waals surface area (Å²) in [5.74, 6) is 2.95. The lowest BCUT2D eigenvalue weighted by molar-refractivity contribution is 0.273. The highest BCUT2D eigenvalue weighted by Crippen LogP contribution is 2.21. The van der Waals surface area contributed by atoms with Gasteiger partial charge in [-0.25, -0.2) is 0 Å². The average Bonchev–Trinajstić information content (AvgIpc) is 2.35. The van der Waals surface area contributed by atoms with Gasteiger partial charge in [-0.2, -0.15) is 12.6 Å². The van der Waals surface area contributed by atoms with E-state index < -0.39 is 0 Å². The Hall–Kier alpha value is -0.630. The van der Waals surface area contributed by atoms with Gasteiger partial charge in [0.1, 0.15) is 5.75 Å². The minimum atomic E-state index is 0.498. The first-order chi connectivity index (χ1) is 7.67. The van der Waals surface area contributed by atoms with E-state index in [9.17, 15) is 0 Å². The molecule has 0 aliphatic carbocycles. The van der Waals surface area contributed by atoms with Crippen LogP contribution in [0.15, 0.2) is 24.3 Å². The lowest BCUT2D eigenvalue weighted by atomic mass is 9.99. The number of benzene rings is 1. The van der Waals surface area contributed by atoms with Crippen LogP contribution < -0.4 is 4.74 Å². The second kappa shape index (κ2) is 6.85. The van der Waals surface area contributed by atoms with Crippen molar-refractivity contribution in [3.63, 3.8) is 0 Å². The topological polar surface area (TPSA) is 9.23 Å². The lowest BCUT2D eigenvalue weighted by Gasteiger charge is -2.12. The van der Waals surface area contributed by atoms with Crippen LogP contribution >= 0.6 is 12.6 Å². The fourth-order valence-corrected chi connectivity index (χ4v) is 1.52. The normalized spacial score (nSPS) is 14.5. The molecule has 0 amide bonds. The first-order valence-corrected chi connectivity index (χ1v) is 6.64. The third-order valence-electron chi connectivity index (χ3n) is 2.91. The van der Waals surface area contributed by atoms with E-state index >= 15 is 0 Å². The summed E-state index contributed by atoms with van der Waals surface area (Å²) in [6.07, 6.45) is 1.18. The molecule has 0 aliphatic rings. The van der Waals surface area contributed by atoms with Crippen molar-refractivity contribution in [2.24, 2.45) is 5.92 Å². The van der Waals surface area contributed by atoms with E-state index in [1.54, 1.807) is 0 Å². The van der Waals surface area contributed by atoms with Gasteiger partial charge in [0.2, 0.25) is 0 Å². The molecule has 0 saturated carbocycles. The molecule has 2 unspecified atom stereocenters. The molecule has 0 aliphatic heterocycles. The van der Waals surface area contributed by atoms with Crippen molar-refractivity contribution in [2.45, 2.75) is 33.1 Å². The SMILES string of the molecule is CCC(C)c1ccc(OCC(C)CS)cc1. The molecule has 0 bridgehead atoms. The van der Waals surface area contributed by atoms with Crippen LogP contribution in [0.5, 0.6) is 5.75 Å². The van der Waals surface area contributed by atoms with E-state index in [-0.39, 0.29) is 0 Å². The Labute approximate surface area is 105 Å².